The number of fused-ring (bicyclic) bond motifs is 1. The van der Waals surface area contributed by atoms with Crippen LogP contribution in [0.2, 0.25) is 0 Å². The van der Waals surface area contributed by atoms with Crippen LogP contribution < -0.4 is 19.6 Å². The zero-order valence-electron chi connectivity index (χ0n) is 20.1. The van der Waals surface area contributed by atoms with Crippen molar-refractivity contribution in [3.05, 3.63) is 103 Å². The molecule has 35 heavy (non-hydrogen) atoms. The van der Waals surface area contributed by atoms with E-state index in [1.54, 1.807) is 24.5 Å². The molecule has 3 aromatic rings. The minimum absolute atomic E-state index is 0.197. The quantitative estimate of drug-likeness (QED) is 0.445. The van der Waals surface area contributed by atoms with Crippen molar-refractivity contribution < 1.29 is 14.3 Å². The maximum absolute atomic E-state index is 13.5. The highest BCUT2D eigenvalue weighted by Crippen LogP contribution is 2.31. The van der Waals surface area contributed by atoms with Gasteiger partial charge in [0.2, 0.25) is 0 Å². The Hall–Kier alpha value is -3.71. The van der Waals surface area contributed by atoms with Crippen LogP contribution in [0.5, 0.6) is 5.75 Å². The monoisotopic (exact) mass is 488 g/mol. The first-order valence-electron chi connectivity index (χ1n) is 11.7. The molecule has 1 atom stereocenters. The summed E-state index contributed by atoms with van der Waals surface area (Å²) in [4.78, 5) is 31.6. The molecular weight excluding hydrogens is 460 g/mol. The van der Waals surface area contributed by atoms with Crippen molar-refractivity contribution in [1.29, 1.82) is 0 Å². The maximum Gasteiger partial charge on any atom is 0.338 e. The Balaban J connectivity index is 1.80. The van der Waals surface area contributed by atoms with Crippen molar-refractivity contribution in [3.8, 4) is 5.75 Å². The van der Waals surface area contributed by atoms with Gasteiger partial charge in [-0.25, -0.2) is 9.79 Å². The van der Waals surface area contributed by atoms with E-state index < -0.39 is 12.0 Å². The largest absolute Gasteiger partial charge is 0.494 e. The molecule has 0 spiro atoms. The predicted octanol–water partition coefficient (Wildman–Crippen LogP) is 4.25. The highest BCUT2D eigenvalue weighted by Gasteiger charge is 2.33. The molecule has 2 heterocycles. The van der Waals surface area contributed by atoms with E-state index in [0.717, 1.165) is 23.3 Å². The smallest absolute Gasteiger partial charge is 0.338 e. The highest BCUT2D eigenvalue weighted by atomic mass is 32.1. The Morgan fingerprint density at radius 3 is 2.54 bits per heavy atom. The molecule has 180 valence electrons. The van der Waals surface area contributed by atoms with Crippen LogP contribution in [0.1, 0.15) is 44.4 Å². The Bertz CT molecular complexity index is 1430. The van der Waals surface area contributed by atoms with E-state index in [1.807, 2.05) is 73.7 Å². The molecule has 0 fully saturated rings. The van der Waals surface area contributed by atoms with Gasteiger partial charge in [0.25, 0.3) is 5.56 Å². The molecule has 0 saturated heterocycles. The average molecular weight is 489 g/mol. The third-order valence-electron chi connectivity index (χ3n) is 5.52. The van der Waals surface area contributed by atoms with Crippen LogP contribution in [0, 0.1) is 0 Å². The minimum atomic E-state index is -0.634. The van der Waals surface area contributed by atoms with Gasteiger partial charge < -0.3 is 9.47 Å². The van der Waals surface area contributed by atoms with Crippen LogP contribution in [-0.4, -0.2) is 23.8 Å². The molecule has 0 bridgehead atoms. The number of carbonyl (C=O) groups is 1. The van der Waals surface area contributed by atoms with E-state index in [9.17, 15) is 9.59 Å². The number of aromatic nitrogens is 1. The van der Waals surface area contributed by atoms with Gasteiger partial charge in [0.15, 0.2) is 4.80 Å². The second-order valence-corrected chi connectivity index (χ2v) is 9.02. The van der Waals surface area contributed by atoms with Crippen molar-refractivity contribution in [3.63, 3.8) is 0 Å². The summed E-state index contributed by atoms with van der Waals surface area (Å²) in [5.41, 5.74) is 2.55. The van der Waals surface area contributed by atoms with Gasteiger partial charge in [-0.2, -0.15) is 0 Å². The van der Waals surface area contributed by atoms with Gasteiger partial charge in [0.05, 0.1) is 35.1 Å². The van der Waals surface area contributed by atoms with Gasteiger partial charge in [-0.15, -0.1) is 0 Å². The number of hydrogen-bond donors (Lipinski definition) is 0. The van der Waals surface area contributed by atoms with E-state index in [0.29, 0.717) is 27.2 Å². The lowest BCUT2D eigenvalue weighted by Crippen LogP contribution is -2.39. The number of esters is 1. The Morgan fingerprint density at radius 2 is 1.86 bits per heavy atom. The minimum Gasteiger partial charge on any atom is -0.494 e. The van der Waals surface area contributed by atoms with Crippen LogP contribution in [-0.2, 0) is 9.53 Å². The normalized spacial score (nSPS) is 15.7. The third-order valence-corrected chi connectivity index (χ3v) is 6.52. The van der Waals surface area contributed by atoms with Gasteiger partial charge in [-0.3, -0.25) is 9.36 Å². The Kier molecular flexibility index (Phi) is 7.77. The number of hydrogen-bond acceptors (Lipinski definition) is 6. The lowest BCUT2D eigenvalue weighted by molar-refractivity contribution is -0.139. The van der Waals surface area contributed by atoms with Gasteiger partial charge >= 0.3 is 5.97 Å². The molecule has 4 rings (SSSR count). The summed E-state index contributed by atoms with van der Waals surface area (Å²) in [6.07, 6.45) is 6.50. The SMILES string of the molecule is CCCOc1ccc(C2C(C(=O)OCC)=C(C)N=c3sc(=CC=Cc4ccccc4)c(=O)n32)cc1. The van der Waals surface area contributed by atoms with Crippen LogP contribution in [0.3, 0.4) is 0 Å². The molecule has 0 saturated carbocycles. The molecule has 1 unspecified atom stereocenters. The molecular formula is C28H28N2O4S. The van der Waals surface area contributed by atoms with E-state index in [4.69, 9.17) is 9.47 Å². The van der Waals surface area contributed by atoms with E-state index in [1.165, 1.54) is 11.3 Å². The summed E-state index contributed by atoms with van der Waals surface area (Å²) in [7, 11) is 0. The Labute approximate surface area is 208 Å². The molecule has 1 aromatic heterocycles. The first kappa shape index (κ1) is 24.4. The summed E-state index contributed by atoms with van der Waals surface area (Å²) in [6.45, 7) is 6.45. The second kappa shape index (κ2) is 11.1. The number of carbonyl (C=O) groups excluding carboxylic acids is 1. The topological polar surface area (TPSA) is 69.9 Å². The van der Waals surface area contributed by atoms with Gasteiger partial charge in [-0.1, -0.05) is 72.9 Å². The fourth-order valence-electron chi connectivity index (χ4n) is 3.90. The van der Waals surface area contributed by atoms with Crippen molar-refractivity contribution in [1.82, 2.24) is 4.57 Å². The van der Waals surface area contributed by atoms with Crippen LogP contribution in [0.25, 0.3) is 12.2 Å². The average Bonchev–Trinajstić information content (AvgIpc) is 3.17. The van der Waals surface area contributed by atoms with E-state index in [2.05, 4.69) is 4.99 Å². The number of thiazole rings is 1. The van der Waals surface area contributed by atoms with Crippen LogP contribution in [0.15, 0.2) is 81.7 Å². The van der Waals surface area contributed by atoms with E-state index >= 15 is 0 Å². The third kappa shape index (κ3) is 5.35. The summed E-state index contributed by atoms with van der Waals surface area (Å²) < 4.78 is 13.2. The van der Waals surface area contributed by atoms with Gasteiger partial charge in [0, 0.05) is 0 Å². The molecule has 1 aliphatic rings. The molecule has 0 radical (unpaired) electrons. The highest BCUT2D eigenvalue weighted by molar-refractivity contribution is 7.07. The standard InChI is InChI=1S/C28H28N2O4S/c1-4-18-34-22-16-14-21(15-17-22)25-24(27(32)33-5-2)19(3)29-28-30(25)26(31)23(35-28)13-9-12-20-10-7-6-8-11-20/h6-17,25H,4-5,18H2,1-3H3. The zero-order valence-corrected chi connectivity index (χ0v) is 20.9. The Morgan fingerprint density at radius 1 is 1.11 bits per heavy atom. The number of allylic oxidation sites excluding steroid dienone is 2. The fraction of sp³-hybridized carbons (Fsp3) is 0.250. The predicted molar refractivity (Wildman–Crippen MR) is 139 cm³/mol. The van der Waals surface area contributed by atoms with Crippen molar-refractivity contribution >= 4 is 29.5 Å². The molecule has 0 amide bonds. The summed E-state index contributed by atoms with van der Waals surface area (Å²) >= 11 is 1.31. The lowest BCUT2D eigenvalue weighted by Gasteiger charge is -2.24. The van der Waals surface area contributed by atoms with Crippen molar-refractivity contribution in [2.75, 3.05) is 13.2 Å². The molecule has 6 nitrogen and oxygen atoms in total. The first-order chi connectivity index (χ1) is 17.0. The number of nitrogens with zero attached hydrogens (tertiary/aromatic N) is 2. The summed E-state index contributed by atoms with van der Waals surface area (Å²) in [5, 5.41) is 0. The zero-order chi connectivity index (χ0) is 24.8. The number of benzene rings is 2. The first-order valence-corrected chi connectivity index (χ1v) is 12.5. The molecule has 7 heteroatoms. The maximum atomic E-state index is 13.5. The number of rotatable bonds is 8. The van der Waals surface area contributed by atoms with Crippen LogP contribution in [0.4, 0.5) is 0 Å². The second-order valence-electron chi connectivity index (χ2n) is 8.01. The molecule has 0 N–H and O–H groups in total. The van der Waals surface area contributed by atoms with Crippen molar-refractivity contribution in [2.24, 2.45) is 4.99 Å². The van der Waals surface area contributed by atoms with E-state index in [-0.39, 0.29) is 12.2 Å². The van der Waals surface area contributed by atoms with Crippen molar-refractivity contribution in [2.45, 2.75) is 33.2 Å². The fourth-order valence-corrected chi connectivity index (χ4v) is 4.90. The molecule has 0 aliphatic carbocycles. The molecule has 2 aromatic carbocycles. The van der Waals surface area contributed by atoms with Gasteiger partial charge in [-0.05, 0) is 49.6 Å². The summed E-state index contributed by atoms with van der Waals surface area (Å²) in [5.74, 6) is 0.274. The molecule has 1 aliphatic heterocycles. The lowest BCUT2D eigenvalue weighted by atomic mass is 9.96. The van der Waals surface area contributed by atoms with Crippen LogP contribution >= 0.6 is 11.3 Å². The summed E-state index contributed by atoms with van der Waals surface area (Å²) in [6, 6.07) is 16.7. The van der Waals surface area contributed by atoms with Gasteiger partial charge in [0.1, 0.15) is 5.75 Å². The number of ether oxygens (including phenoxy) is 2.